The minimum absolute atomic E-state index is 0.0770. The van der Waals surface area contributed by atoms with E-state index in [1.54, 1.807) is 19.1 Å². The first-order valence-corrected chi connectivity index (χ1v) is 6.88. The van der Waals surface area contributed by atoms with Crippen LogP contribution in [0.25, 0.3) is 0 Å². The lowest BCUT2D eigenvalue weighted by atomic mass is 10.00. The van der Waals surface area contributed by atoms with Gasteiger partial charge in [0.25, 0.3) is 0 Å². The predicted molar refractivity (Wildman–Crippen MR) is 82.2 cm³/mol. The number of anilines is 1. The van der Waals surface area contributed by atoms with Gasteiger partial charge >= 0.3 is 5.97 Å². The van der Waals surface area contributed by atoms with Crippen molar-refractivity contribution in [3.63, 3.8) is 0 Å². The molecule has 0 saturated heterocycles. The molecule has 1 aliphatic carbocycles. The zero-order chi connectivity index (χ0) is 17.0. The van der Waals surface area contributed by atoms with Gasteiger partial charge in [-0.05, 0) is 18.6 Å². The number of carbonyl (C=O) groups is 1. The Bertz CT molecular complexity index is 732. The summed E-state index contributed by atoms with van der Waals surface area (Å²) in [6.07, 6.45) is 5.14. The molecule has 0 spiro atoms. The van der Waals surface area contributed by atoms with Crippen LogP contribution >= 0.6 is 0 Å². The summed E-state index contributed by atoms with van der Waals surface area (Å²) in [5, 5.41) is 8.99. The first-order valence-electron chi connectivity index (χ1n) is 6.88. The summed E-state index contributed by atoms with van der Waals surface area (Å²) in [6.45, 7) is 1.68. The third kappa shape index (κ3) is 3.26. The van der Waals surface area contributed by atoms with E-state index in [4.69, 9.17) is 25.2 Å². The Kier molecular flexibility index (Phi) is 4.86. The maximum absolute atomic E-state index is 12.0. The molecule has 2 rings (SSSR count). The van der Waals surface area contributed by atoms with Crippen LogP contribution in [0.1, 0.15) is 22.3 Å². The number of aromatic nitrogens is 1. The van der Waals surface area contributed by atoms with Gasteiger partial charge in [0.1, 0.15) is 11.3 Å². The van der Waals surface area contributed by atoms with Crippen LogP contribution in [0.4, 0.5) is 5.69 Å². The van der Waals surface area contributed by atoms with Gasteiger partial charge in [-0.2, -0.15) is 5.26 Å². The van der Waals surface area contributed by atoms with Crippen molar-refractivity contribution in [3.05, 3.63) is 41.0 Å². The lowest BCUT2D eigenvalue weighted by molar-refractivity contribution is 0.0595. The molecule has 0 aliphatic heterocycles. The largest absolute Gasteiger partial charge is 0.497 e. The number of nitrogen functional groups attached to an aromatic ring is 1. The number of nitrogens with zero attached hydrogens (tertiary/aromatic N) is 2. The average Bonchev–Trinajstić information content (AvgIpc) is 2.58. The highest BCUT2D eigenvalue weighted by atomic mass is 16.5. The molecule has 1 aliphatic rings. The summed E-state index contributed by atoms with van der Waals surface area (Å²) in [7, 11) is 2.77. The van der Waals surface area contributed by atoms with Crippen molar-refractivity contribution in [2.45, 2.75) is 13.3 Å². The second-order valence-electron chi connectivity index (χ2n) is 4.90. The first kappa shape index (κ1) is 16.4. The topological polar surface area (TPSA) is 107 Å². The summed E-state index contributed by atoms with van der Waals surface area (Å²) >= 11 is 0. The minimum Gasteiger partial charge on any atom is -0.497 e. The summed E-state index contributed by atoms with van der Waals surface area (Å²) in [5.41, 5.74) is 6.84. The van der Waals surface area contributed by atoms with Gasteiger partial charge in [0.05, 0.1) is 38.1 Å². The number of esters is 1. The average molecular weight is 315 g/mol. The Hall–Kier alpha value is -3.01. The fourth-order valence-corrected chi connectivity index (χ4v) is 2.15. The molecular weight excluding hydrogens is 298 g/mol. The van der Waals surface area contributed by atoms with Gasteiger partial charge in [-0.15, -0.1) is 0 Å². The van der Waals surface area contributed by atoms with E-state index < -0.39 is 5.97 Å². The van der Waals surface area contributed by atoms with Crippen LogP contribution in [-0.4, -0.2) is 25.2 Å². The van der Waals surface area contributed by atoms with Crippen LogP contribution < -0.4 is 10.5 Å². The van der Waals surface area contributed by atoms with Crippen LogP contribution in [0.5, 0.6) is 5.88 Å². The quantitative estimate of drug-likeness (QED) is 0.847. The molecule has 0 fully saturated rings. The number of nitrogens with two attached hydrogens (primary N) is 1. The van der Waals surface area contributed by atoms with E-state index in [1.807, 2.05) is 0 Å². The Balaban J connectivity index is 2.43. The molecular formula is C16H17N3O4. The second-order valence-corrected chi connectivity index (χ2v) is 4.90. The van der Waals surface area contributed by atoms with Crippen LogP contribution in [0, 0.1) is 24.2 Å². The molecule has 1 unspecified atom stereocenters. The van der Waals surface area contributed by atoms with E-state index >= 15 is 0 Å². The maximum atomic E-state index is 12.0. The third-order valence-electron chi connectivity index (χ3n) is 3.51. The van der Waals surface area contributed by atoms with Crippen LogP contribution in [0.3, 0.4) is 0 Å². The Labute approximate surface area is 134 Å². The predicted octanol–water partition coefficient (Wildman–Crippen LogP) is 2.10. The number of carbonyl (C=O) groups excluding carboxylic acids is 1. The molecule has 2 N–H and O–H groups in total. The molecule has 120 valence electrons. The maximum Gasteiger partial charge on any atom is 0.343 e. The fraction of sp³-hybridized carbons (Fsp3) is 0.312. The molecule has 0 bridgehead atoms. The summed E-state index contributed by atoms with van der Waals surface area (Å²) in [6, 6.07) is 2.15. The first-order chi connectivity index (χ1) is 11.0. The standard InChI is InChI=1S/C16H17N3O4/c1-9-11(18)8-19-15(14(9)16(20)22-3)23-12-5-4-10(7-17)6-13(12)21-2/h4-5,8,10H,6,18H2,1-3H3. The monoisotopic (exact) mass is 315 g/mol. The number of hydrogen-bond acceptors (Lipinski definition) is 7. The molecule has 1 heterocycles. The van der Waals surface area contributed by atoms with Gasteiger partial charge in [0.2, 0.25) is 5.88 Å². The molecule has 23 heavy (non-hydrogen) atoms. The van der Waals surface area contributed by atoms with E-state index in [0.29, 0.717) is 29.2 Å². The molecule has 7 heteroatoms. The molecule has 7 nitrogen and oxygen atoms in total. The number of rotatable bonds is 4. The van der Waals surface area contributed by atoms with Gasteiger partial charge in [-0.1, -0.05) is 6.08 Å². The summed E-state index contributed by atoms with van der Waals surface area (Å²) < 4.78 is 15.8. The zero-order valence-corrected chi connectivity index (χ0v) is 13.1. The van der Waals surface area contributed by atoms with Crippen LogP contribution in [0.2, 0.25) is 0 Å². The third-order valence-corrected chi connectivity index (χ3v) is 3.51. The van der Waals surface area contributed by atoms with Gasteiger partial charge < -0.3 is 19.9 Å². The molecule has 1 atom stereocenters. The van der Waals surface area contributed by atoms with E-state index in [2.05, 4.69) is 11.1 Å². The molecule has 1 aromatic rings. The van der Waals surface area contributed by atoms with E-state index in [9.17, 15) is 4.79 Å². The van der Waals surface area contributed by atoms with Gasteiger partial charge in [-0.3, -0.25) is 0 Å². The van der Waals surface area contributed by atoms with Crippen LogP contribution in [0.15, 0.2) is 29.9 Å². The van der Waals surface area contributed by atoms with Gasteiger partial charge in [-0.25, -0.2) is 9.78 Å². The fourth-order valence-electron chi connectivity index (χ4n) is 2.15. The normalized spacial score (nSPS) is 16.7. The Morgan fingerprint density at radius 2 is 2.22 bits per heavy atom. The molecule has 0 amide bonds. The van der Waals surface area contributed by atoms with Crippen molar-refractivity contribution in [1.82, 2.24) is 4.98 Å². The molecule has 1 aromatic heterocycles. The second kappa shape index (κ2) is 6.83. The van der Waals surface area contributed by atoms with Crippen molar-refractivity contribution in [2.75, 3.05) is 20.0 Å². The van der Waals surface area contributed by atoms with Gasteiger partial charge in [0, 0.05) is 6.42 Å². The highest BCUT2D eigenvalue weighted by Crippen LogP contribution is 2.30. The number of nitriles is 1. The summed E-state index contributed by atoms with van der Waals surface area (Å²) in [5.74, 6) is 0.102. The Morgan fingerprint density at radius 3 is 2.83 bits per heavy atom. The molecule has 0 saturated carbocycles. The van der Waals surface area contributed by atoms with Crippen LogP contribution in [-0.2, 0) is 9.47 Å². The van der Waals surface area contributed by atoms with Gasteiger partial charge in [0.15, 0.2) is 5.76 Å². The van der Waals surface area contributed by atoms with Crippen molar-refractivity contribution >= 4 is 11.7 Å². The number of pyridine rings is 1. The summed E-state index contributed by atoms with van der Waals surface area (Å²) in [4.78, 5) is 16.1. The van der Waals surface area contributed by atoms with E-state index in [1.165, 1.54) is 20.4 Å². The van der Waals surface area contributed by atoms with Crippen molar-refractivity contribution in [2.24, 2.45) is 5.92 Å². The minimum atomic E-state index is -0.591. The van der Waals surface area contributed by atoms with E-state index in [0.717, 1.165) is 0 Å². The van der Waals surface area contributed by atoms with Crippen molar-refractivity contribution in [1.29, 1.82) is 5.26 Å². The number of ether oxygens (including phenoxy) is 3. The smallest absolute Gasteiger partial charge is 0.343 e. The lowest BCUT2D eigenvalue weighted by Gasteiger charge is -2.19. The highest BCUT2D eigenvalue weighted by Gasteiger charge is 2.24. The SMILES string of the molecule is COC(=O)c1c(OC2=C(OC)CC(C#N)C=C2)ncc(N)c1C. The number of allylic oxidation sites excluding steroid dienone is 3. The van der Waals surface area contributed by atoms with E-state index in [-0.39, 0.29) is 17.4 Å². The Morgan fingerprint density at radius 1 is 1.48 bits per heavy atom. The number of hydrogen-bond donors (Lipinski definition) is 1. The highest BCUT2D eigenvalue weighted by molar-refractivity contribution is 5.94. The number of methoxy groups -OCH3 is 2. The van der Waals surface area contributed by atoms with Crippen molar-refractivity contribution < 1.29 is 19.0 Å². The van der Waals surface area contributed by atoms with Crippen molar-refractivity contribution in [3.8, 4) is 11.9 Å². The zero-order valence-electron chi connectivity index (χ0n) is 13.1. The molecule has 0 radical (unpaired) electrons. The molecule has 0 aromatic carbocycles. The lowest BCUT2D eigenvalue weighted by Crippen LogP contribution is -2.14.